The minimum atomic E-state index is 0.0989. The Kier molecular flexibility index (Phi) is 2.10. The van der Waals surface area contributed by atoms with Gasteiger partial charge in [0.2, 0.25) is 0 Å². The van der Waals surface area contributed by atoms with Gasteiger partial charge in [-0.25, -0.2) is 4.98 Å². The van der Waals surface area contributed by atoms with Gasteiger partial charge in [-0.05, 0) is 24.6 Å². The molecule has 0 N–H and O–H groups in total. The fourth-order valence-electron chi connectivity index (χ4n) is 1.97. The quantitative estimate of drug-likeness (QED) is 0.641. The van der Waals surface area contributed by atoms with Crippen LogP contribution in [0.25, 0.3) is 11.0 Å². The summed E-state index contributed by atoms with van der Waals surface area (Å²) in [5.41, 5.74) is 3.70. The molecule has 15 heavy (non-hydrogen) atoms. The molecule has 1 aromatic heterocycles. The normalized spacial score (nSPS) is 12.3. The molecule has 0 bridgehead atoms. The highest BCUT2D eigenvalue weighted by atomic mass is 15.1. The molecular formula is C13H18N2. The lowest BCUT2D eigenvalue weighted by Gasteiger charge is -2.17. The minimum absolute atomic E-state index is 0.0989. The van der Waals surface area contributed by atoms with E-state index in [0.29, 0.717) is 0 Å². The van der Waals surface area contributed by atoms with Crippen LogP contribution in [0.2, 0.25) is 0 Å². The lowest BCUT2D eigenvalue weighted by Crippen LogP contribution is -2.17. The summed E-state index contributed by atoms with van der Waals surface area (Å²) in [6.07, 6.45) is 0. The summed E-state index contributed by atoms with van der Waals surface area (Å²) in [7, 11) is 2.09. The predicted octanol–water partition coefficient (Wildman–Crippen LogP) is 3.18. The monoisotopic (exact) mass is 202 g/mol. The summed E-state index contributed by atoms with van der Waals surface area (Å²) in [4.78, 5) is 4.69. The molecule has 80 valence electrons. The average Bonchev–Trinajstić information content (AvgIpc) is 2.43. The lowest BCUT2D eigenvalue weighted by molar-refractivity contribution is 0.526. The van der Waals surface area contributed by atoms with Crippen molar-refractivity contribution in [3.05, 3.63) is 29.6 Å². The second kappa shape index (κ2) is 3.09. The number of rotatable bonds is 0. The van der Waals surface area contributed by atoms with Crippen LogP contribution in [0.5, 0.6) is 0 Å². The van der Waals surface area contributed by atoms with Crippen molar-refractivity contribution in [2.24, 2.45) is 7.05 Å². The molecule has 0 saturated heterocycles. The van der Waals surface area contributed by atoms with E-state index in [9.17, 15) is 0 Å². The van der Waals surface area contributed by atoms with Gasteiger partial charge in [0.1, 0.15) is 5.82 Å². The molecule has 0 fully saturated rings. The Morgan fingerprint density at radius 2 is 1.87 bits per heavy atom. The largest absolute Gasteiger partial charge is 0.331 e. The van der Waals surface area contributed by atoms with Crippen LogP contribution >= 0.6 is 0 Å². The Bertz CT molecular complexity index is 501. The fraction of sp³-hybridized carbons (Fsp3) is 0.462. The Labute approximate surface area is 90.9 Å². The van der Waals surface area contributed by atoms with Gasteiger partial charge in [0.25, 0.3) is 0 Å². The first-order valence-electron chi connectivity index (χ1n) is 5.33. The second-order valence-electron chi connectivity index (χ2n) is 5.24. The van der Waals surface area contributed by atoms with E-state index in [4.69, 9.17) is 0 Å². The van der Waals surface area contributed by atoms with E-state index in [1.54, 1.807) is 0 Å². The summed E-state index contributed by atoms with van der Waals surface area (Å²) in [5.74, 6) is 1.14. The molecule has 0 amide bonds. The second-order valence-corrected chi connectivity index (χ2v) is 5.24. The van der Waals surface area contributed by atoms with Gasteiger partial charge in [0.15, 0.2) is 0 Å². The summed E-state index contributed by atoms with van der Waals surface area (Å²) in [6.45, 7) is 8.70. The highest BCUT2D eigenvalue weighted by Crippen LogP contribution is 2.25. The van der Waals surface area contributed by atoms with Gasteiger partial charge >= 0.3 is 0 Å². The van der Waals surface area contributed by atoms with Crippen molar-refractivity contribution in [2.45, 2.75) is 33.1 Å². The first-order valence-corrected chi connectivity index (χ1v) is 5.33. The van der Waals surface area contributed by atoms with Gasteiger partial charge < -0.3 is 4.57 Å². The Morgan fingerprint density at radius 1 is 1.20 bits per heavy atom. The molecule has 0 saturated carbocycles. The zero-order valence-corrected chi connectivity index (χ0v) is 10.1. The molecule has 2 rings (SSSR count). The highest BCUT2D eigenvalue weighted by molar-refractivity contribution is 5.77. The van der Waals surface area contributed by atoms with Crippen molar-refractivity contribution in [3.63, 3.8) is 0 Å². The molecular weight excluding hydrogens is 184 g/mol. The van der Waals surface area contributed by atoms with Crippen molar-refractivity contribution in [3.8, 4) is 0 Å². The number of aromatic nitrogens is 2. The maximum absolute atomic E-state index is 4.69. The van der Waals surface area contributed by atoms with E-state index in [1.165, 1.54) is 11.1 Å². The van der Waals surface area contributed by atoms with Crippen molar-refractivity contribution in [1.29, 1.82) is 0 Å². The van der Waals surface area contributed by atoms with Crippen LogP contribution in [0.4, 0.5) is 0 Å². The SMILES string of the molecule is Cc1ccc2nc(C(C)(C)C)n(C)c2c1. The zero-order chi connectivity index (χ0) is 11.2. The number of fused-ring (bicyclic) bond motifs is 1. The maximum atomic E-state index is 4.69. The molecule has 0 aliphatic rings. The van der Waals surface area contributed by atoms with E-state index in [1.807, 2.05) is 0 Å². The third kappa shape index (κ3) is 1.65. The van der Waals surface area contributed by atoms with Gasteiger partial charge in [0.05, 0.1) is 11.0 Å². The molecule has 0 radical (unpaired) electrons. The molecule has 0 aliphatic heterocycles. The third-order valence-electron chi connectivity index (χ3n) is 2.71. The maximum Gasteiger partial charge on any atom is 0.115 e. The van der Waals surface area contributed by atoms with Crippen LogP contribution in [-0.2, 0) is 12.5 Å². The number of hydrogen-bond acceptors (Lipinski definition) is 1. The van der Waals surface area contributed by atoms with Gasteiger partial charge in [-0.2, -0.15) is 0 Å². The molecule has 0 aliphatic carbocycles. The molecule has 1 aromatic carbocycles. The third-order valence-corrected chi connectivity index (χ3v) is 2.71. The molecule has 2 aromatic rings. The molecule has 0 spiro atoms. The molecule has 2 nitrogen and oxygen atoms in total. The van der Waals surface area contributed by atoms with E-state index in [0.717, 1.165) is 11.3 Å². The standard InChI is InChI=1S/C13H18N2/c1-9-6-7-10-11(8-9)15(5)12(14-10)13(2,3)4/h6-8H,1-5H3. The average molecular weight is 202 g/mol. The van der Waals surface area contributed by atoms with E-state index >= 15 is 0 Å². The van der Waals surface area contributed by atoms with Gasteiger partial charge in [-0.15, -0.1) is 0 Å². The smallest absolute Gasteiger partial charge is 0.115 e. The summed E-state index contributed by atoms with van der Waals surface area (Å²) in [6, 6.07) is 6.40. The van der Waals surface area contributed by atoms with Crippen molar-refractivity contribution < 1.29 is 0 Å². The molecule has 1 heterocycles. The minimum Gasteiger partial charge on any atom is -0.331 e. The highest BCUT2D eigenvalue weighted by Gasteiger charge is 2.20. The Balaban J connectivity index is 2.76. The first-order chi connectivity index (χ1) is 6.89. The van der Waals surface area contributed by atoms with E-state index in [-0.39, 0.29) is 5.41 Å². The summed E-state index contributed by atoms with van der Waals surface area (Å²) in [5, 5.41) is 0. The first kappa shape index (κ1) is 10.2. The summed E-state index contributed by atoms with van der Waals surface area (Å²) >= 11 is 0. The zero-order valence-electron chi connectivity index (χ0n) is 10.1. The Hall–Kier alpha value is -1.31. The number of hydrogen-bond donors (Lipinski definition) is 0. The van der Waals surface area contributed by atoms with Crippen molar-refractivity contribution in [1.82, 2.24) is 9.55 Å². The van der Waals surface area contributed by atoms with Crippen LogP contribution in [0.3, 0.4) is 0 Å². The predicted molar refractivity (Wildman–Crippen MR) is 64.2 cm³/mol. The molecule has 0 atom stereocenters. The lowest BCUT2D eigenvalue weighted by atomic mass is 9.96. The number of imidazole rings is 1. The van der Waals surface area contributed by atoms with Gasteiger partial charge in [-0.3, -0.25) is 0 Å². The molecule has 0 unspecified atom stereocenters. The van der Waals surface area contributed by atoms with Gasteiger partial charge in [-0.1, -0.05) is 26.8 Å². The van der Waals surface area contributed by atoms with Crippen LogP contribution in [0.15, 0.2) is 18.2 Å². The van der Waals surface area contributed by atoms with Crippen LogP contribution in [0, 0.1) is 6.92 Å². The van der Waals surface area contributed by atoms with Crippen LogP contribution in [-0.4, -0.2) is 9.55 Å². The van der Waals surface area contributed by atoms with E-state index < -0.39 is 0 Å². The van der Waals surface area contributed by atoms with Crippen molar-refractivity contribution >= 4 is 11.0 Å². The summed E-state index contributed by atoms with van der Waals surface area (Å²) < 4.78 is 2.20. The number of nitrogens with zero attached hydrogens (tertiary/aromatic N) is 2. The van der Waals surface area contributed by atoms with Crippen LogP contribution < -0.4 is 0 Å². The van der Waals surface area contributed by atoms with Crippen LogP contribution in [0.1, 0.15) is 32.2 Å². The van der Waals surface area contributed by atoms with Crippen molar-refractivity contribution in [2.75, 3.05) is 0 Å². The van der Waals surface area contributed by atoms with Gasteiger partial charge in [0, 0.05) is 12.5 Å². The number of aryl methyl sites for hydroxylation is 2. The number of benzene rings is 1. The van der Waals surface area contributed by atoms with E-state index in [2.05, 4.69) is 62.5 Å². The Morgan fingerprint density at radius 3 is 2.47 bits per heavy atom. The molecule has 2 heteroatoms. The fourth-order valence-corrected chi connectivity index (χ4v) is 1.97. The topological polar surface area (TPSA) is 17.8 Å².